The number of hydrogen-bond acceptors (Lipinski definition) is 6. The van der Waals surface area contributed by atoms with Gasteiger partial charge in [0.1, 0.15) is 17.4 Å². The van der Waals surface area contributed by atoms with E-state index in [0.29, 0.717) is 33.9 Å². The summed E-state index contributed by atoms with van der Waals surface area (Å²) in [5, 5.41) is 7.53. The number of halogens is 1. The fraction of sp³-hybridized carbons (Fsp3) is 0.150. The summed E-state index contributed by atoms with van der Waals surface area (Å²) in [5.41, 5.74) is 1.11. The molecule has 3 aromatic heterocycles. The van der Waals surface area contributed by atoms with Crippen LogP contribution in [0.2, 0.25) is 0 Å². The molecule has 4 rings (SSSR count). The van der Waals surface area contributed by atoms with Crippen LogP contribution in [0.25, 0.3) is 10.9 Å². The molecule has 8 nitrogen and oxygen atoms in total. The topological polar surface area (TPSA) is 94.8 Å². The molecule has 0 fully saturated rings. The molecule has 0 atom stereocenters. The van der Waals surface area contributed by atoms with E-state index >= 15 is 0 Å². The zero-order chi connectivity index (χ0) is 20.2. The summed E-state index contributed by atoms with van der Waals surface area (Å²) >= 11 is 0. The number of hydrogen-bond donors (Lipinski definition) is 1. The van der Waals surface area contributed by atoms with Gasteiger partial charge in [0.15, 0.2) is 5.75 Å². The fourth-order valence-electron chi connectivity index (χ4n) is 2.75. The lowest BCUT2D eigenvalue weighted by Crippen LogP contribution is -2.15. The lowest BCUT2D eigenvalue weighted by atomic mass is 10.2. The van der Waals surface area contributed by atoms with E-state index in [1.165, 1.54) is 30.7 Å². The van der Waals surface area contributed by atoms with Crippen molar-refractivity contribution in [3.63, 3.8) is 0 Å². The minimum atomic E-state index is -0.366. The second kappa shape index (κ2) is 8.01. The molecule has 3 heterocycles. The molecule has 0 radical (unpaired) electrons. The van der Waals surface area contributed by atoms with Crippen LogP contribution in [0.15, 0.2) is 55.2 Å². The number of aromatic nitrogens is 5. The van der Waals surface area contributed by atoms with Gasteiger partial charge in [-0.2, -0.15) is 5.10 Å². The van der Waals surface area contributed by atoms with E-state index in [2.05, 4.69) is 25.4 Å². The lowest BCUT2D eigenvalue weighted by molar-refractivity contribution is -0.115. The quantitative estimate of drug-likeness (QED) is 0.541. The summed E-state index contributed by atoms with van der Waals surface area (Å²) < 4.78 is 20.9. The van der Waals surface area contributed by atoms with Crippen molar-refractivity contribution in [2.45, 2.75) is 19.9 Å². The van der Waals surface area contributed by atoms with Crippen molar-refractivity contribution >= 4 is 22.5 Å². The van der Waals surface area contributed by atoms with Gasteiger partial charge >= 0.3 is 0 Å². The molecule has 0 unspecified atom stereocenters. The number of benzene rings is 1. The van der Waals surface area contributed by atoms with Crippen LogP contribution in [0.1, 0.15) is 12.7 Å². The minimum absolute atomic E-state index is 0.0229. The Hall–Kier alpha value is -3.88. The second-order valence-electron chi connectivity index (χ2n) is 6.22. The first-order chi connectivity index (χ1) is 14.1. The van der Waals surface area contributed by atoms with E-state index in [4.69, 9.17) is 4.74 Å². The van der Waals surface area contributed by atoms with Crippen molar-refractivity contribution < 1.29 is 13.9 Å². The van der Waals surface area contributed by atoms with Gasteiger partial charge in [-0.05, 0) is 25.1 Å². The first kappa shape index (κ1) is 18.5. The molecule has 1 amide bonds. The zero-order valence-electron chi connectivity index (χ0n) is 15.5. The van der Waals surface area contributed by atoms with Gasteiger partial charge in [0.2, 0.25) is 5.91 Å². The Bertz CT molecular complexity index is 1160. The standard InChI is InChI=1S/C20H17FN6O2/c1-2-27-12-14(9-25-27)26-20(28)8-19-23-10-15(11-24-19)29-18-5-6-22-17-7-13(21)3-4-16(17)18/h3-7,9-12H,2,8H2,1H3,(H,26,28). The van der Waals surface area contributed by atoms with Crippen LogP contribution in [-0.4, -0.2) is 30.6 Å². The summed E-state index contributed by atoms with van der Waals surface area (Å²) in [5.74, 6) is 0.665. The van der Waals surface area contributed by atoms with E-state index in [1.807, 2.05) is 6.92 Å². The number of amides is 1. The molecular weight excluding hydrogens is 375 g/mol. The van der Waals surface area contributed by atoms with Gasteiger partial charge in [0, 0.05) is 30.4 Å². The van der Waals surface area contributed by atoms with Crippen LogP contribution in [0.3, 0.4) is 0 Å². The average molecular weight is 392 g/mol. The van der Waals surface area contributed by atoms with Gasteiger partial charge in [-0.3, -0.25) is 14.5 Å². The molecule has 0 saturated heterocycles. The van der Waals surface area contributed by atoms with Crippen LogP contribution >= 0.6 is 0 Å². The minimum Gasteiger partial charge on any atom is -0.453 e. The highest BCUT2D eigenvalue weighted by atomic mass is 19.1. The van der Waals surface area contributed by atoms with Crippen molar-refractivity contribution in [3.8, 4) is 11.5 Å². The highest BCUT2D eigenvalue weighted by Gasteiger charge is 2.10. The van der Waals surface area contributed by atoms with Gasteiger partial charge in [-0.25, -0.2) is 14.4 Å². The number of carbonyl (C=O) groups excluding carboxylic acids is 1. The van der Waals surface area contributed by atoms with E-state index < -0.39 is 0 Å². The molecule has 9 heteroatoms. The van der Waals surface area contributed by atoms with Crippen LogP contribution < -0.4 is 10.1 Å². The Kier molecular flexibility index (Phi) is 5.10. The Morgan fingerprint density at radius 2 is 2.00 bits per heavy atom. The summed E-state index contributed by atoms with van der Waals surface area (Å²) in [4.78, 5) is 24.6. The highest BCUT2D eigenvalue weighted by Crippen LogP contribution is 2.28. The predicted octanol–water partition coefficient (Wildman–Crippen LogP) is 3.35. The molecule has 0 aliphatic heterocycles. The van der Waals surface area contributed by atoms with Gasteiger partial charge in [0.05, 0.1) is 36.2 Å². The van der Waals surface area contributed by atoms with E-state index in [9.17, 15) is 9.18 Å². The van der Waals surface area contributed by atoms with Crippen LogP contribution in [0, 0.1) is 5.82 Å². The van der Waals surface area contributed by atoms with Crippen molar-refractivity contribution in [2.24, 2.45) is 0 Å². The summed E-state index contributed by atoms with van der Waals surface area (Å²) in [6.07, 6.45) is 7.87. The Labute approximate surface area is 165 Å². The lowest BCUT2D eigenvalue weighted by Gasteiger charge is -2.08. The van der Waals surface area contributed by atoms with E-state index in [0.717, 1.165) is 6.54 Å². The number of ether oxygens (including phenoxy) is 1. The third-order valence-corrected chi connectivity index (χ3v) is 4.13. The third-order valence-electron chi connectivity index (χ3n) is 4.13. The molecule has 4 aromatic rings. The van der Waals surface area contributed by atoms with Gasteiger partial charge in [-0.1, -0.05) is 0 Å². The van der Waals surface area contributed by atoms with Crippen LogP contribution in [-0.2, 0) is 17.8 Å². The number of carbonyl (C=O) groups is 1. The monoisotopic (exact) mass is 392 g/mol. The molecule has 0 saturated carbocycles. The first-order valence-corrected chi connectivity index (χ1v) is 8.96. The number of pyridine rings is 1. The van der Waals surface area contributed by atoms with Crippen LogP contribution in [0.4, 0.5) is 10.1 Å². The molecule has 1 aromatic carbocycles. The second-order valence-corrected chi connectivity index (χ2v) is 6.22. The summed E-state index contributed by atoms with van der Waals surface area (Å²) in [6, 6.07) is 5.97. The Balaban J connectivity index is 1.42. The smallest absolute Gasteiger partial charge is 0.232 e. The Morgan fingerprint density at radius 1 is 1.17 bits per heavy atom. The maximum Gasteiger partial charge on any atom is 0.232 e. The number of nitrogens with zero attached hydrogens (tertiary/aromatic N) is 5. The van der Waals surface area contributed by atoms with E-state index in [1.54, 1.807) is 29.2 Å². The van der Waals surface area contributed by atoms with Crippen molar-refractivity contribution in [1.82, 2.24) is 24.7 Å². The maximum absolute atomic E-state index is 13.4. The SMILES string of the molecule is CCn1cc(NC(=O)Cc2ncc(Oc3ccnc4cc(F)ccc34)cn2)cn1. The molecular formula is C20H17FN6O2. The van der Waals surface area contributed by atoms with E-state index in [-0.39, 0.29) is 18.1 Å². The summed E-state index contributed by atoms with van der Waals surface area (Å²) in [7, 11) is 0. The fourth-order valence-corrected chi connectivity index (χ4v) is 2.75. The molecule has 0 bridgehead atoms. The van der Waals surface area contributed by atoms with Crippen LogP contribution in [0.5, 0.6) is 11.5 Å². The van der Waals surface area contributed by atoms with Crippen molar-refractivity contribution in [2.75, 3.05) is 5.32 Å². The third kappa shape index (κ3) is 4.34. The number of anilines is 1. The van der Waals surface area contributed by atoms with Gasteiger partial charge < -0.3 is 10.1 Å². The molecule has 1 N–H and O–H groups in total. The number of fused-ring (bicyclic) bond motifs is 1. The molecule has 0 aliphatic carbocycles. The predicted molar refractivity (Wildman–Crippen MR) is 104 cm³/mol. The summed E-state index contributed by atoms with van der Waals surface area (Å²) in [6.45, 7) is 2.69. The average Bonchev–Trinajstić information content (AvgIpc) is 3.17. The number of nitrogens with one attached hydrogen (secondary N) is 1. The highest BCUT2D eigenvalue weighted by molar-refractivity contribution is 5.91. The normalized spacial score (nSPS) is 10.8. The molecule has 0 aliphatic rings. The number of rotatable bonds is 6. The first-order valence-electron chi connectivity index (χ1n) is 8.96. The molecule has 29 heavy (non-hydrogen) atoms. The maximum atomic E-state index is 13.4. The number of aryl methyl sites for hydroxylation is 1. The largest absolute Gasteiger partial charge is 0.453 e. The van der Waals surface area contributed by atoms with Gasteiger partial charge in [-0.15, -0.1) is 0 Å². The van der Waals surface area contributed by atoms with Gasteiger partial charge in [0.25, 0.3) is 0 Å². The van der Waals surface area contributed by atoms with Crippen molar-refractivity contribution in [1.29, 1.82) is 0 Å². The zero-order valence-corrected chi connectivity index (χ0v) is 15.5. The molecule has 146 valence electrons. The van der Waals surface area contributed by atoms with Crippen molar-refractivity contribution in [3.05, 3.63) is 66.9 Å². The molecule has 0 spiro atoms. The Morgan fingerprint density at radius 3 is 2.76 bits per heavy atom.